The number of pyridine rings is 1. The van der Waals surface area contributed by atoms with E-state index in [4.69, 9.17) is 4.74 Å². The second-order valence-electron chi connectivity index (χ2n) is 8.93. The van der Waals surface area contributed by atoms with E-state index < -0.39 is 0 Å². The summed E-state index contributed by atoms with van der Waals surface area (Å²) in [5, 5.41) is 7.74. The molecule has 0 saturated carbocycles. The molecular weight excluding hydrogens is 386 g/mol. The Morgan fingerprint density at radius 3 is 2.74 bits per heavy atom. The second kappa shape index (κ2) is 9.52. The van der Waals surface area contributed by atoms with Crippen LogP contribution in [0.15, 0.2) is 48.7 Å². The van der Waals surface area contributed by atoms with Gasteiger partial charge in [-0.2, -0.15) is 5.10 Å². The lowest BCUT2D eigenvalue weighted by atomic mass is 10.0. The number of likely N-dealkylation sites (tertiary alicyclic amines) is 1. The molecular formula is C25H33N5O. The van der Waals surface area contributed by atoms with Crippen molar-refractivity contribution in [3.05, 3.63) is 71.2 Å². The maximum absolute atomic E-state index is 5.95. The summed E-state index contributed by atoms with van der Waals surface area (Å²) in [7, 11) is 4.09. The molecule has 1 saturated heterocycles. The van der Waals surface area contributed by atoms with E-state index >= 15 is 0 Å². The number of aromatic amines is 1. The number of aromatic nitrogens is 3. The molecule has 0 unspecified atom stereocenters. The smallest absolute Gasteiger partial charge is 0.132 e. The van der Waals surface area contributed by atoms with Gasteiger partial charge in [0, 0.05) is 44.9 Å². The maximum Gasteiger partial charge on any atom is 0.132 e. The lowest BCUT2D eigenvalue weighted by Gasteiger charge is -2.20. The van der Waals surface area contributed by atoms with Gasteiger partial charge in [0.1, 0.15) is 18.2 Å². The molecule has 3 heterocycles. The summed E-state index contributed by atoms with van der Waals surface area (Å²) in [5.74, 6) is 2.92. The SMILES string of the molecule is CC(C)c1ccc(OCc2cc([C@H]3CCN(Cc4cccnc4N(C)C)C3)n[nH]2)cc1. The largest absolute Gasteiger partial charge is 0.487 e. The van der Waals surface area contributed by atoms with E-state index in [1.165, 1.54) is 11.1 Å². The van der Waals surface area contributed by atoms with Crippen molar-refractivity contribution in [1.29, 1.82) is 0 Å². The zero-order valence-electron chi connectivity index (χ0n) is 19.0. The van der Waals surface area contributed by atoms with Gasteiger partial charge in [-0.05, 0) is 48.7 Å². The first-order valence-corrected chi connectivity index (χ1v) is 11.1. The number of benzene rings is 1. The van der Waals surface area contributed by atoms with Crippen LogP contribution in [-0.4, -0.2) is 47.3 Å². The number of hydrogen-bond donors (Lipinski definition) is 1. The zero-order chi connectivity index (χ0) is 21.8. The van der Waals surface area contributed by atoms with E-state index in [0.717, 1.165) is 49.0 Å². The Labute approximate surface area is 185 Å². The van der Waals surface area contributed by atoms with Crippen LogP contribution >= 0.6 is 0 Å². The van der Waals surface area contributed by atoms with Gasteiger partial charge in [-0.3, -0.25) is 10.00 Å². The van der Waals surface area contributed by atoms with Crippen molar-refractivity contribution in [3.63, 3.8) is 0 Å². The minimum absolute atomic E-state index is 0.454. The first kappa shape index (κ1) is 21.4. The highest BCUT2D eigenvalue weighted by molar-refractivity contribution is 5.45. The molecule has 6 nitrogen and oxygen atoms in total. The minimum atomic E-state index is 0.454. The molecule has 1 atom stereocenters. The summed E-state index contributed by atoms with van der Waals surface area (Å²) in [4.78, 5) is 9.11. The van der Waals surface area contributed by atoms with E-state index in [1.807, 2.05) is 38.5 Å². The Hall–Kier alpha value is -2.86. The Bertz CT molecular complexity index is 980. The molecule has 1 aromatic carbocycles. The first-order valence-electron chi connectivity index (χ1n) is 11.1. The summed E-state index contributed by atoms with van der Waals surface area (Å²) >= 11 is 0. The summed E-state index contributed by atoms with van der Waals surface area (Å²) in [6.07, 6.45) is 2.98. The van der Waals surface area contributed by atoms with E-state index in [2.05, 4.69) is 63.1 Å². The molecule has 0 bridgehead atoms. The molecule has 6 heteroatoms. The third kappa shape index (κ3) is 5.25. The molecule has 1 fully saturated rings. The molecule has 0 amide bonds. The predicted octanol–water partition coefficient (Wildman–Crippen LogP) is 4.56. The average Bonchev–Trinajstić information content (AvgIpc) is 3.42. The Kier molecular flexibility index (Phi) is 6.56. The maximum atomic E-state index is 5.95. The Morgan fingerprint density at radius 1 is 1.19 bits per heavy atom. The van der Waals surface area contributed by atoms with Crippen molar-refractivity contribution in [1.82, 2.24) is 20.1 Å². The number of anilines is 1. The lowest BCUT2D eigenvalue weighted by Crippen LogP contribution is -2.22. The van der Waals surface area contributed by atoms with Crippen LogP contribution in [0.1, 0.15) is 54.6 Å². The fraction of sp³-hybridized carbons (Fsp3) is 0.440. The molecule has 2 aromatic heterocycles. The highest BCUT2D eigenvalue weighted by atomic mass is 16.5. The number of nitrogens with zero attached hydrogens (tertiary/aromatic N) is 4. The summed E-state index contributed by atoms with van der Waals surface area (Å²) < 4.78 is 5.95. The van der Waals surface area contributed by atoms with E-state index in [9.17, 15) is 0 Å². The van der Waals surface area contributed by atoms with Gasteiger partial charge >= 0.3 is 0 Å². The summed E-state index contributed by atoms with van der Waals surface area (Å²) in [6.45, 7) is 7.92. The molecule has 0 radical (unpaired) electrons. The van der Waals surface area contributed by atoms with E-state index in [1.54, 1.807) is 0 Å². The number of ether oxygens (including phenoxy) is 1. The highest BCUT2D eigenvalue weighted by Crippen LogP contribution is 2.29. The summed E-state index contributed by atoms with van der Waals surface area (Å²) in [6, 6.07) is 14.7. The van der Waals surface area contributed by atoms with Crippen molar-refractivity contribution in [2.75, 3.05) is 32.1 Å². The van der Waals surface area contributed by atoms with Gasteiger partial charge < -0.3 is 9.64 Å². The Balaban J connectivity index is 1.31. The normalized spacial score (nSPS) is 16.7. The van der Waals surface area contributed by atoms with Gasteiger partial charge in [-0.1, -0.05) is 32.0 Å². The van der Waals surface area contributed by atoms with Crippen molar-refractivity contribution >= 4 is 5.82 Å². The van der Waals surface area contributed by atoms with Crippen LogP contribution in [0.5, 0.6) is 5.75 Å². The fourth-order valence-corrected chi connectivity index (χ4v) is 4.19. The lowest BCUT2D eigenvalue weighted by molar-refractivity contribution is 0.301. The van der Waals surface area contributed by atoms with Crippen molar-refractivity contribution in [2.45, 2.75) is 45.3 Å². The fourth-order valence-electron chi connectivity index (χ4n) is 4.19. The van der Waals surface area contributed by atoms with Gasteiger partial charge in [-0.25, -0.2) is 4.98 Å². The van der Waals surface area contributed by atoms with Gasteiger partial charge in [0.2, 0.25) is 0 Å². The van der Waals surface area contributed by atoms with Crippen LogP contribution in [-0.2, 0) is 13.2 Å². The molecule has 31 heavy (non-hydrogen) atoms. The molecule has 0 aliphatic carbocycles. The van der Waals surface area contributed by atoms with E-state index in [-0.39, 0.29) is 0 Å². The van der Waals surface area contributed by atoms with Gasteiger partial charge in [0.25, 0.3) is 0 Å². The van der Waals surface area contributed by atoms with Crippen molar-refractivity contribution < 1.29 is 4.74 Å². The number of rotatable bonds is 8. The quantitative estimate of drug-likeness (QED) is 0.580. The predicted molar refractivity (Wildman–Crippen MR) is 125 cm³/mol. The number of hydrogen-bond acceptors (Lipinski definition) is 5. The standard InChI is InChI=1S/C25H33N5O/c1-18(2)19-7-9-23(10-8-19)31-17-22-14-24(28-27-22)20-11-13-30(15-20)16-21-6-5-12-26-25(21)29(3)4/h5-10,12,14,18,20H,11,13,15-17H2,1-4H3,(H,27,28)/t20-/m0/s1. The zero-order valence-corrected chi connectivity index (χ0v) is 19.0. The number of nitrogens with one attached hydrogen (secondary N) is 1. The van der Waals surface area contributed by atoms with Crippen LogP contribution < -0.4 is 9.64 Å². The third-order valence-corrected chi connectivity index (χ3v) is 5.97. The van der Waals surface area contributed by atoms with Crippen LogP contribution in [0.4, 0.5) is 5.82 Å². The molecule has 1 aliphatic rings. The van der Waals surface area contributed by atoms with Crippen molar-refractivity contribution in [2.24, 2.45) is 0 Å². The monoisotopic (exact) mass is 419 g/mol. The average molecular weight is 420 g/mol. The molecule has 164 valence electrons. The number of H-pyrrole nitrogens is 1. The topological polar surface area (TPSA) is 57.3 Å². The molecule has 4 rings (SSSR count). The second-order valence-corrected chi connectivity index (χ2v) is 8.93. The summed E-state index contributed by atoms with van der Waals surface area (Å²) in [5.41, 5.74) is 4.75. The van der Waals surface area contributed by atoms with Gasteiger partial charge in [0.15, 0.2) is 0 Å². The Morgan fingerprint density at radius 2 is 2.00 bits per heavy atom. The van der Waals surface area contributed by atoms with Crippen molar-refractivity contribution in [3.8, 4) is 5.75 Å². The minimum Gasteiger partial charge on any atom is -0.487 e. The van der Waals surface area contributed by atoms with Gasteiger partial charge in [0.05, 0.1) is 11.4 Å². The van der Waals surface area contributed by atoms with E-state index in [0.29, 0.717) is 18.4 Å². The highest BCUT2D eigenvalue weighted by Gasteiger charge is 2.26. The van der Waals surface area contributed by atoms with Crippen LogP contribution in [0, 0.1) is 0 Å². The molecule has 1 N–H and O–H groups in total. The molecule has 1 aliphatic heterocycles. The van der Waals surface area contributed by atoms with Gasteiger partial charge in [-0.15, -0.1) is 0 Å². The van der Waals surface area contributed by atoms with Crippen LogP contribution in [0.3, 0.4) is 0 Å². The third-order valence-electron chi connectivity index (χ3n) is 5.97. The molecule has 0 spiro atoms. The van der Waals surface area contributed by atoms with Crippen LogP contribution in [0.25, 0.3) is 0 Å². The van der Waals surface area contributed by atoms with Crippen LogP contribution in [0.2, 0.25) is 0 Å². The first-order chi connectivity index (χ1) is 15.0. The molecule has 3 aromatic rings.